The maximum atomic E-state index is 10.2. The van der Waals surface area contributed by atoms with Gasteiger partial charge < -0.3 is 9.84 Å². The minimum absolute atomic E-state index is 0.0898. The van der Waals surface area contributed by atoms with E-state index in [-0.39, 0.29) is 11.7 Å². The maximum absolute atomic E-state index is 10.2. The van der Waals surface area contributed by atoms with Crippen molar-refractivity contribution in [2.24, 2.45) is 28.6 Å². The van der Waals surface area contributed by atoms with E-state index in [2.05, 4.69) is 20.8 Å². The predicted octanol–water partition coefficient (Wildman–Crippen LogP) is 4.47. The van der Waals surface area contributed by atoms with Gasteiger partial charge in [0.1, 0.15) is 0 Å². The molecule has 3 saturated carbocycles. The number of aliphatic hydroxyl groups is 1. The monoisotopic (exact) mass is 316 g/mol. The molecule has 2 nitrogen and oxygen atoms in total. The average Bonchev–Trinajstić information content (AvgIpc) is 3.23. The van der Waals surface area contributed by atoms with Crippen LogP contribution in [-0.2, 0) is 4.74 Å². The summed E-state index contributed by atoms with van der Waals surface area (Å²) in [7, 11) is 0. The van der Waals surface area contributed by atoms with Crippen LogP contribution >= 0.6 is 0 Å². The molecule has 0 amide bonds. The first-order valence-corrected chi connectivity index (χ1v) is 9.91. The minimum Gasteiger partial charge on any atom is -0.393 e. The van der Waals surface area contributed by atoms with Crippen molar-refractivity contribution in [2.45, 2.75) is 83.8 Å². The summed E-state index contributed by atoms with van der Waals surface area (Å²) in [5.74, 6) is 2.57. The lowest BCUT2D eigenvalue weighted by Gasteiger charge is -2.58. The van der Waals surface area contributed by atoms with Gasteiger partial charge in [0.15, 0.2) is 0 Å². The van der Waals surface area contributed by atoms with Crippen LogP contribution in [0.2, 0.25) is 0 Å². The number of ether oxygens (including phenoxy) is 1. The minimum atomic E-state index is -0.0898. The zero-order chi connectivity index (χ0) is 16.0. The van der Waals surface area contributed by atoms with Crippen LogP contribution in [0.15, 0.2) is 11.1 Å². The summed E-state index contributed by atoms with van der Waals surface area (Å²) in [4.78, 5) is 0. The molecule has 0 bridgehead atoms. The average molecular weight is 316 g/mol. The fourth-order valence-electron chi connectivity index (χ4n) is 7.75. The highest BCUT2D eigenvalue weighted by molar-refractivity contribution is 5.31. The van der Waals surface area contributed by atoms with Crippen molar-refractivity contribution in [1.29, 1.82) is 0 Å². The van der Waals surface area contributed by atoms with Crippen LogP contribution in [0.5, 0.6) is 0 Å². The van der Waals surface area contributed by atoms with Gasteiger partial charge >= 0.3 is 0 Å². The maximum Gasteiger partial charge on any atom is 0.0972 e. The summed E-state index contributed by atoms with van der Waals surface area (Å²) in [6.45, 7) is 8.48. The first kappa shape index (κ1) is 15.0. The molecule has 1 saturated heterocycles. The van der Waals surface area contributed by atoms with E-state index in [0.717, 1.165) is 37.2 Å². The summed E-state index contributed by atoms with van der Waals surface area (Å²) in [6, 6.07) is 0. The molecule has 1 aliphatic heterocycles. The first-order chi connectivity index (χ1) is 10.9. The van der Waals surface area contributed by atoms with E-state index < -0.39 is 0 Å². The van der Waals surface area contributed by atoms with Gasteiger partial charge in [-0.2, -0.15) is 0 Å². The summed E-state index contributed by atoms with van der Waals surface area (Å²) >= 11 is 0. The van der Waals surface area contributed by atoms with E-state index in [1.807, 2.05) is 0 Å². The highest BCUT2D eigenvalue weighted by atomic mass is 16.6. The topological polar surface area (TPSA) is 32.8 Å². The Balaban J connectivity index is 1.54. The van der Waals surface area contributed by atoms with Gasteiger partial charge in [-0.15, -0.1) is 0 Å². The van der Waals surface area contributed by atoms with E-state index >= 15 is 0 Å². The number of hydrogen-bond donors (Lipinski definition) is 1. The van der Waals surface area contributed by atoms with Gasteiger partial charge in [-0.25, -0.2) is 0 Å². The second kappa shape index (κ2) is 4.43. The fourth-order valence-corrected chi connectivity index (χ4v) is 7.75. The van der Waals surface area contributed by atoms with Gasteiger partial charge in [0, 0.05) is 5.41 Å². The van der Waals surface area contributed by atoms with Gasteiger partial charge in [0.05, 0.1) is 18.3 Å². The second-order valence-electron chi connectivity index (χ2n) is 9.93. The Labute approximate surface area is 140 Å². The molecule has 0 aromatic carbocycles. The molecule has 5 aliphatic rings. The molecule has 5 rings (SSSR count). The zero-order valence-electron chi connectivity index (χ0n) is 15.0. The molecular formula is C21H32O2. The molecule has 4 fully saturated rings. The van der Waals surface area contributed by atoms with Crippen molar-refractivity contribution >= 4 is 0 Å². The van der Waals surface area contributed by atoms with Gasteiger partial charge in [0.2, 0.25) is 0 Å². The Hall–Kier alpha value is -0.340. The molecule has 7 atom stereocenters. The molecule has 0 unspecified atom stereocenters. The van der Waals surface area contributed by atoms with Crippen LogP contribution in [0.3, 0.4) is 0 Å². The summed E-state index contributed by atoms with van der Waals surface area (Å²) in [5.41, 5.74) is 4.33. The number of aliphatic hydroxyl groups excluding tert-OH is 1. The lowest BCUT2D eigenvalue weighted by molar-refractivity contribution is -0.0579. The Kier molecular flexibility index (Phi) is 2.88. The van der Waals surface area contributed by atoms with E-state index in [1.165, 1.54) is 38.5 Å². The Morgan fingerprint density at radius 2 is 1.74 bits per heavy atom. The largest absolute Gasteiger partial charge is 0.393 e. The quantitative estimate of drug-likeness (QED) is 0.528. The third kappa shape index (κ3) is 1.73. The summed E-state index contributed by atoms with van der Waals surface area (Å²) in [6.07, 6.45) is 9.79. The highest BCUT2D eigenvalue weighted by Crippen LogP contribution is 2.71. The number of hydrogen-bond acceptors (Lipinski definition) is 2. The van der Waals surface area contributed by atoms with Gasteiger partial charge in [-0.05, 0) is 81.5 Å². The van der Waals surface area contributed by atoms with Gasteiger partial charge in [0.25, 0.3) is 0 Å². The van der Waals surface area contributed by atoms with Crippen LogP contribution in [0.25, 0.3) is 0 Å². The van der Waals surface area contributed by atoms with Crippen LogP contribution in [-0.4, -0.2) is 23.4 Å². The van der Waals surface area contributed by atoms with Gasteiger partial charge in [-0.1, -0.05) is 25.0 Å². The van der Waals surface area contributed by atoms with Crippen molar-refractivity contribution in [3.05, 3.63) is 11.1 Å². The second-order valence-corrected chi connectivity index (χ2v) is 9.93. The van der Waals surface area contributed by atoms with Gasteiger partial charge in [-0.3, -0.25) is 0 Å². The Bertz CT molecular complexity index is 574. The van der Waals surface area contributed by atoms with Crippen molar-refractivity contribution in [3.8, 4) is 0 Å². The highest BCUT2D eigenvalue weighted by Gasteiger charge is 2.69. The summed E-state index contributed by atoms with van der Waals surface area (Å²) in [5, 5.41) is 10.2. The normalized spacial score (nSPS) is 57.9. The molecule has 0 aromatic rings. The SMILES string of the molecule is CC1=C2C[C@@H](O)CC[C@]2(C)[C@H]2CC[C@@]3(C)[C@@H](CC[C@]34CO4)[C@@H]2C1. The molecule has 1 N–H and O–H groups in total. The Morgan fingerprint density at radius 1 is 1.00 bits per heavy atom. The molecule has 2 heteroatoms. The van der Waals surface area contributed by atoms with E-state index in [9.17, 15) is 5.11 Å². The van der Waals surface area contributed by atoms with Crippen LogP contribution in [0, 0.1) is 28.6 Å². The van der Waals surface area contributed by atoms with E-state index in [0.29, 0.717) is 10.8 Å². The molecule has 1 heterocycles. The van der Waals surface area contributed by atoms with Crippen LogP contribution in [0.4, 0.5) is 0 Å². The summed E-state index contributed by atoms with van der Waals surface area (Å²) < 4.78 is 6.04. The zero-order valence-corrected chi connectivity index (χ0v) is 15.0. The standard InChI is InChI=1S/C21H32O2/c1-13-10-15-16(19(2)7-4-14(22)11-18(13)19)5-8-20(3)17(15)6-9-21(20)12-23-21/h14-17,22H,4-12H2,1-3H3/t14-,15+,16-,17-,19+,20-,21-/m0/s1. The van der Waals surface area contributed by atoms with E-state index in [1.54, 1.807) is 11.1 Å². The molecular weight excluding hydrogens is 284 g/mol. The third-order valence-electron chi connectivity index (χ3n) is 9.22. The third-order valence-corrected chi connectivity index (χ3v) is 9.22. The molecule has 0 radical (unpaired) electrons. The smallest absolute Gasteiger partial charge is 0.0972 e. The Morgan fingerprint density at radius 3 is 2.48 bits per heavy atom. The van der Waals surface area contributed by atoms with Crippen molar-refractivity contribution < 1.29 is 9.84 Å². The molecule has 4 aliphatic carbocycles. The first-order valence-electron chi connectivity index (χ1n) is 9.91. The molecule has 1 spiro atoms. The van der Waals surface area contributed by atoms with E-state index in [4.69, 9.17) is 4.74 Å². The molecule has 23 heavy (non-hydrogen) atoms. The van der Waals surface area contributed by atoms with Crippen LogP contribution in [0.1, 0.15) is 72.1 Å². The van der Waals surface area contributed by atoms with Crippen molar-refractivity contribution in [2.75, 3.05) is 6.61 Å². The predicted molar refractivity (Wildman–Crippen MR) is 91.0 cm³/mol. The number of epoxide rings is 1. The van der Waals surface area contributed by atoms with Crippen molar-refractivity contribution in [1.82, 2.24) is 0 Å². The fraction of sp³-hybridized carbons (Fsp3) is 0.905. The number of allylic oxidation sites excluding steroid dienone is 1. The lowest BCUT2D eigenvalue weighted by Crippen LogP contribution is -2.52. The van der Waals surface area contributed by atoms with Crippen LogP contribution < -0.4 is 0 Å². The molecule has 0 aromatic heterocycles. The van der Waals surface area contributed by atoms with Crippen molar-refractivity contribution in [3.63, 3.8) is 0 Å². The number of fused-ring (bicyclic) bond motifs is 6. The lowest BCUT2D eigenvalue weighted by atomic mass is 9.46. The molecule has 128 valence electrons. The number of rotatable bonds is 0.